The maximum atomic E-state index is 12.2. The van der Waals surface area contributed by atoms with Crippen molar-refractivity contribution in [3.05, 3.63) is 47.0 Å². The van der Waals surface area contributed by atoms with Crippen molar-refractivity contribution in [3.8, 4) is 5.75 Å². The number of likely N-dealkylation sites (N-methyl/N-ethyl adjacent to an activating group) is 2. The Morgan fingerprint density at radius 3 is 2.35 bits per heavy atom. The highest BCUT2D eigenvalue weighted by Crippen LogP contribution is 2.27. The molecule has 0 saturated carbocycles. The number of rotatable bonds is 4. The summed E-state index contributed by atoms with van der Waals surface area (Å²) in [5, 5.41) is 0.427. The normalized spacial score (nSPS) is 15.1. The SMILES string of the molecule is C=CCOc1ccc(Cl)cc1C=C1C(=O)N(C)C(=O)N(C)C1=O. The minimum Gasteiger partial charge on any atom is -0.489 e. The largest absolute Gasteiger partial charge is 0.489 e. The predicted octanol–water partition coefficient (Wildman–Crippen LogP) is 2.34. The number of carbonyl (C=O) groups excluding carboxylic acids is 3. The van der Waals surface area contributed by atoms with Gasteiger partial charge in [0, 0.05) is 24.7 Å². The number of nitrogens with zero attached hydrogens (tertiary/aromatic N) is 2. The number of hydrogen-bond donors (Lipinski definition) is 0. The zero-order valence-corrected chi connectivity index (χ0v) is 13.5. The molecule has 1 aliphatic heterocycles. The first-order valence-electron chi connectivity index (χ1n) is 6.71. The van der Waals surface area contributed by atoms with Crippen LogP contribution < -0.4 is 4.74 Å². The molecule has 6 nitrogen and oxygen atoms in total. The number of urea groups is 1. The zero-order valence-electron chi connectivity index (χ0n) is 12.7. The molecular formula is C16H15ClN2O4. The highest BCUT2D eigenvalue weighted by atomic mass is 35.5. The molecule has 0 bridgehead atoms. The number of ether oxygens (including phenoxy) is 1. The summed E-state index contributed by atoms with van der Waals surface area (Å²) in [4.78, 5) is 37.9. The van der Waals surface area contributed by atoms with Crippen molar-refractivity contribution in [2.75, 3.05) is 20.7 Å². The lowest BCUT2D eigenvalue weighted by atomic mass is 10.1. The molecule has 1 aromatic rings. The number of amides is 4. The molecule has 1 aliphatic rings. The minimum absolute atomic E-state index is 0.139. The van der Waals surface area contributed by atoms with E-state index in [9.17, 15) is 14.4 Å². The second-order valence-electron chi connectivity index (χ2n) is 4.85. The number of carbonyl (C=O) groups is 3. The summed E-state index contributed by atoms with van der Waals surface area (Å²) in [5.74, 6) is -0.898. The maximum Gasteiger partial charge on any atom is 0.333 e. The number of imide groups is 2. The van der Waals surface area contributed by atoms with E-state index in [0.717, 1.165) is 9.80 Å². The van der Waals surface area contributed by atoms with E-state index in [-0.39, 0.29) is 12.2 Å². The van der Waals surface area contributed by atoms with Crippen LogP contribution in [0, 0.1) is 0 Å². The fourth-order valence-corrected chi connectivity index (χ4v) is 2.22. The quantitative estimate of drug-likeness (QED) is 0.481. The van der Waals surface area contributed by atoms with Crippen LogP contribution in [0.2, 0.25) is 5.02 Å². The standard InChI is InChI=1S/C16H15ClN2O4/c1-4-7-23-13-6-5-11(17)8-10(13)9-12-14(20)18(2)16(22)19(3)15(12)21/h4-6,8-9H,1,7H2,2-3H3. The van der Waals surface area contributed by atoms with Crippen LogP contribution in [-0.2, 0) is 9.59 Å². The van der Waals surface area contributed by atoms with Gasteiger partial charge in [-0.3, -0.25) is 19.4 Å². The summed E-state index contributed by atoms with van der Waals surface area (Å²) in [7, 11) is 2.63. The minimum atomic E-state index is -0.675. The molecule has 0 spiro atoms. The fourth-order valence-electron chi connectivity index (χ4n) is 2.04. The van der Waals surface area contributed by atoms with Crippen molar-refractivity contribution in [2.45, 2.75) is 0 Å². The van der Waals surface area contributed by atoms with Gasteiger partial charge in [0.05, 0.1) is 0 Å². The molecule has 0 aromatic heterocycles. The van der Waals surface area contributed by atoms with E-state index in [1.165, 1.54) is 20.2 Å². The summed E-state index contributed by atoms with van der Waals surface area (Å²) in [5.41, 5.74) is 0.326. The van der Waals surface area contributed by atoms with E-state index < -0.39 is 17.8 Å². The first-order valence-corrected chi connectivity index (χ1v) is 7.09. The Balaban J connectivity index is 2.49. The van der Waals surface area contributed by atoms with Crippen LogP contribution in [0.15, 0.2) is 36.4 Å². The van der Waals surface area contributed by atoms with Gasteiger partial charge in [-0.25, -0.2) is 4.79 Å². The van der Waals surface area contributed by atoms with Gasteiger partial charge in [-0.2, -0.15) is 0 Å². The second-order valence-corrected chi connectivity index (χ2v) is 5.29. The second kappa shape index (κ2) is 6.66. The molecule has 0 unspecified atom stereocenters. The van der Waals surface area contributed by atoms with Crippen LogP contribution in [0.5, 0.6) is 5.75 Å². The first-order chi connectivity index (χ1) is 10.9. The molecule has 1 fully saturated rings. The molecule has 23 heavy (non-hydrogen) atoms. The predicted molar refractivity (Wildman–Crippen MR) is 86.1 cm³/mol. The third-order valence-electron chi connectivity index (χ3n) is 3.27. The summed E-state index contributed by atoms with van der Waals surface area (Å²) in [6.45, 7) is 3.83. The fraction of sp³-hybridized carbons (Fsp3) is 0.188. The molecular weight excluding hydrogens is 320 g/mol. The topological polar surface area (TPSA) is 66.9 Å². The van der Waals surface area contributed by atoms with Gasteiger partial charge in [-0.1, -0.05) is 24.3 Å². The highest BCUT2D eigenvalue weighted by Gasteiger charge is 2.37. The Kier molecular flexibility index (Phi) is 4.86. The van der Waals surface area contributed by atoms with Gasteiger partial charge < -0.3 is 4.74 Å². The number of halogens is 1. The lowest BCUT2D eigenvalue weighted by Gasteiger charge is -2.29. The van der Waals surface area contributed by atoms with Crippen LogP contribution in [-0.4, -0.2) is 48.3 Å². The lowest BCUT2D eigenvalue weighted by molar-refractivity contribution is -0.134. The summed E-state index contributed by atoms with van der Waals surface area (Å²) >= 11 is 5.97. The number of benzene rings is 1. The molecule has 0 N–H and O–H groups in total. The van der Waals surface area contributed by atoms with Crippen molar-refractivity contribution in [2.24, 2.45) is 0 Å². The van der Waals surface area contributed by atoms with Gasteiger partial charge in [-0.05, 0) is 24.3 Å². The van der Waals surface area contributed by atoms with E-state index in [4.69, 9.17) is 16.3 Å². The molecule has 0 radical (unpaired) electrons. The Labute approximate surface area is 138 Å². The van der Waals surface area contributed by atoms with E-state index >= 15 is 0 Å². The molecule has 120 valence electrons. The van der Waals surface area contributed by atoms with Gasteiger partial charge >= 0.3 is 6.03 Å². The van der Waals surface area contributed by atoms with E-state index in [1.54, 1.807) is 24.3 Å². The Morgan fingerprint density at radius 1 is 1.17 bits per heavy atom. The van der Waals surface area contributed by atoms with Gasteiger partial charge in [0.2, 0.25) is 0 Å². The third kappa shape index (κ3) is 3.27. The highest BCUT2D eigenvalue weighted by molar-refractivity contribution is 6.32. The van der Waals surface area contributed by atoms with Crippen LogP contribution in [0.3, 0.4) is 0 Å². The Morgan fingerprint density at radius 2 is 1.78 bits per heavy atom. The molecule has 1 saturated heterocycles. The van der Waals surface area contributed by atoms with Crippen molar-refractivity contribution in [1.82, 2.24) is 9.80 Å². The van der Waals surface area contributed by atoms with Gasteiger partial charge in [0.15, 0.2) is 0 Å². The zero-order chi connectivity index (χ0) is 17.1. The van der Waals surface area contributed by atoms with Crippen LogP contribution in [0.1, 0.15) is 5.56 Å². The van der Waals surface area contributed by atoms with Gasteiger partial charge in [-0.15, -0.1) is 0 Å². The van der Waals surface area contributed by atoms with E-state index in [2.05, 4.69) is 6.58 Å². The van der Waals surface area contributed by atoms with Crippen LogP contribution in [0.25, 0.3) is 6.08 Å². The molecule has 7 heteroatoms. The summed E-state index contributed by atoms with van der Waals surface area (Å²) in [6, 6.07) is 4.17. The van der Waals surface area contributed by atoms with Crippen molar-refractivity contribution in [3.63, 3.8) is 0 Å². The van der Waals surface area contributed by atoms with Crippen molar-refractivity contribution >= 4 is 35.5 Å². The van der Waals surface area contributed by atoms with Crippen LogP contribution >= 0.6 is 11.6 Å². The average Bonchev–Trinajstić information content (AvgIpc) is 2.54. The molecule has 0 atom stereocenters. The first kappa shape index (κ1) is 16.8. The van der Waals surface area contributed by atoms with Gasteiger partial charge in [0.25, 0.3) is 11.8 Å². The smallest absolute Gasteiger partial charge is 0.333 e. The van der Waals surface area contributed by atoms with Crippen molar-refractivity contribution in [1.29, 1.82) is 0 Å². The molecule has 4 amide bonds. The number of barbiturate groups is 1. The molecule has 2 rings (SSSR count). The van der Waals surface area contributed by atoms with E-state index in [0.29, 0.717) is 16.3 Å². The summed E-state index contributed by atoms with van der Waals surface area (Å²) < 4.78 is 5.49. The molecule has 1 heterocycles. The average molecular weight is 335 g/mol. The van der Waals surface area contributed by atoms with Crippen molar-refractivity contribution < 1.29 is 19.1 Å². The third-order valence-corrected chi connectivity index (χ3v) is 3.51. The lowest BCUT2D eigenvalue weighted by Crippen LogP contribution is -2.52. The monoisotopic (exact) mass is 334 g/mol. The number of hydrogen-bond acceptors (Lipinski definition) is 4. The molecule has 1 aromatic carbocycles. The Hall–Kier alpha value is -2.60. The maximum absolute atomic E-state index is 12.2. The van der Waals surface area contributed by atoms with Gasteiger partial charge in [0.1, 0.15) is 17.9 Å². The van der Waals surface area contributed by atoms with Crippen LogP contribution in [0.4, 0.5) is 4.79 Å². The van der Waals surface area contributed by atoms with E-state index in [1.807, 2.05) is 0 Å². The summed E-state index contributed by atoms with van der Waals surface area (Å²) in [6.07, 6.45) is 2.94. The Bertz CT molecular complexity index is 701. The molecule has 0 aliphatic carbocycles.